The number of nitrogens with zero attached hydrogens (tertiary/aromatic N) is 2. The summed E-state index contributed by atoms with van der Waals surface area (Å²) in [6.45, 7) is -0.0449. The van der Waals surface area contributed by atoms with Crippen molar-refractivity contribution in [1.82, 2.24) is 14.9 Å². The number of nitrogens with one attached hydrogen (secondary N) is 1. The van der Waals surface area contributed by atoms with Crippen molar-refractivity contribution in [2.75, 3.05) is 6.54 Å². The van der Waals surface area contributed by atoms with Gasteiger partial charge in [0.2, 0.25) is 0 Å². The van der Waals surface area contributed by atoms with Crippen LogP contribution in [0.2, 0.25) is 0 Å². The largest absolute Gasteiger partial charge is 0.391 e. The summed E-state index contributed by atoms with van der Waals surface area (Å²) >= 11 is 0. The molecule has 2 aromatic rings. The third kappa shape index (κ3) is 3.48. The molecule has 1 fully saturated rings. The molecular weight excluding hydrogens is 313 g/mol. The number of aliphatic hydroxyl groups is 2. The molecule has 0 unspecified atom stereocenters. The molecule has 2 atom stereocenters. The van der Waals surface area contributed by atoms with Crippen LogP contribution in [0.1, 0.15) is 30.7 Å². The van der Waals surface area contributed by atoms with Gasteiger partial charge in [-0.1, -0.05) is 6.07 Å². The van der Waals surface area contributed by atoms with Crippen molar-refractivity contribution < 1.29 is 19.4 Å². The number of hydrogen-bond acceptors (Lipinski definition) is 5. The number of piperidine rings is 1. The molecular formula is C17H22FN3O3. The fourth-order valence-electron chi connectivity index (χ4n) is 3.23. The van der Waals surface area contributed by atoms with Crippen LogP contribution in [0.3, 0.4) is 0 Å². The Morgan fingerprint density at radius 1 is 1.46 bits per heavy atom. The predicted molar refractivity (Wildman–Crippen MR) is 87.1 cm³/mol. The lowest BCUT2D eigenvalue weighted by atomic mass is 9.97. The summed E-state index contributed by atoms with van der Waals surface area (Å²) in [7, 11) is 0. The molecule has 1 saturated heterocycles. The minimum absolute atomic E-state index is 0.0486. The minimum Gasteiger partial charge on any atom is -0.391 e. The van der Waals surface area contributed by atoms with Crippen LogP contribution in [-0.4, -0.2) is 44.2 Å². The van der Waals surface area contributed by atoms with Crippen LogP contribution in [0.25, 0.3) is 11.0 Å². The van der Waals surface area contributed by atoms with Gasteiger partial charge in [0.25, 0.3) is 0 Å². The highest BCUT2D eigenvalue weighted by molar-refractivity contribution is 5.83. The number of benzene rings is 1. The molecule has 0 bridgehead atoms. The minimum atomic E-state index is -0.596. The van der Waals surface area contributed by atoms with Crippen LogP contribution in [0, 0.1) is 0 Å². The van der Waals surface area contributed by atoms with Gasteiger partial charge in [0, 0.05) is 12.5 Å². The molecule has 1 aliphatic heterocycles. The molecule has 24 heavy (non-hydrogen) atoms. The molecule has 1 aliphatic rings. The Hall–Kier alpha value is -1.83. The Kier molecular flexibility index (Phi) is 5.23. The molecule has 2 heterocycles. The maximum absolute atomic E-state index is 12.9. The van der Waals surface area contributed by atoms with Crippen molar-refractivity contribution in [1.29, 1.82) is 0 Å². The highest BCUT2D eigenvalue weighted by Gasteiger charge is 2.25. The van der Waals surface area contributed by atoms with E-state index in [2.05, 4.69) is 10.3 Å². The normalized spacial score (nSPS) is 21.3. The standard InChI is InChI=1S/C17H22FN3O3/c18-8-11-3-4-13-15(6-11)21(17(10-22)20-13)9-12(23)7-14-16(24)2-1-5-19-14/h3-4,6,14,16,19,22,24H,1-2,5,7-10H2/t14-,16+/m1/s1. The lowest BCUT2D eigenvalue weighted by Gasteiger charge is -2.28. The van der Waals surface area contributed by atoms with Gasteiger partial charge in [0.1, 0.15) is 19.1 Å². The number of carbonyl (C=O) groups is 1. The van der Waals surface area contributed by atoms with Gasteiger partial charge in [0.05, 0.1) is 23.7 Å². The molecule has 0 amide bonds. The van der Waals surface area contributed by atoms with E-state index in [1.54, 1.807) is 22.8 Å². The number of alkyl halides is 1. The second-order valence-corrected chi connectivity index (χ2v) is 6.24. The Morgan fingerprint density at radius 2 is 2.29 bits per heavy atom. The second-order valence-electron chi connectivity index (χ2n) is 6.24. The first-order valence-corrected chi connectivity index (χ1v) is 8.20. The topological polar surface area (TPSA) is 87.4 Å². The molecule has 3 N–H and O–H groups in total. The first kappa shape index (κ1) is 17.0. The van der Waals surface area contributed by atoms with Crippen LogP contribution in [-0.2, 0) is 24.6 Å². The number of aliphatic hydroxyl groups excluding tert-OH is 2. The SMILES string of the molecule is O=C(C[C@H]1NCCC[C@@H]1O)Cn1c(CO)nc2ccc(CF)cc21. The molecule has 0 saturated carbocycles. The number of hydrogen-bond donors (Lipinski definition) is 3. The Balaban J connectivity index is 1.81. The van der Waals surface area contributed by atoms with Gasteiger partial charge in [-0.3, -0.25) is 4.79 Å². The highest BCUT2D eigenvalue weighted by Crippen LogP contribution is 2.20. The first-order valence-electron chi connectivity index (χ1n) is 8.20. The van der Waals surface area contributed by atoms with E-state index >= 15 is 0 Å². The van der Waals surface area contributed by atoms with E-state index in [0.29, 0.717) is 28.8 Å². The lowest BCUT2D eigenvalue weighted by molar-refractivity contribution is -0.121. The Bertz CT molecular complexity index is 731. The van der Waals surface area contributed by atoms with Crippen molar-refractivity contribution in [3.63, 3.8) is 0 Å². The number of rotatable bonds is 6. The van der Waals surface area contributed by atoms with Gasteiger partial charge in [-0.2, -0.15) is 0 Å². The van der Waals surface area contributed by atoms with Crippen LogP contribution in [0.5, 0.6) is 0 Å². The summed E-state index contributed by atoms with van der Waals surface area (Å²) in [6, 6.07) is 4.75. The van der Waals surface area contributed by atoms with E-state index in [1.165, 1.54) is 0 Å². The summed E-state index contributed by atoms with van der Waals surface area (Å²) < 4.78 is 14.5. The highest BCUT2D eigenvalue weighted by atomic mass is 19.1. The van der Waals surface area contributed by atoms with Gasteiger partial charge in [-0.05, 0) is 37.1 Å². The average molecular weight is 335 g/mol. The van der Waals surface area contributed by atoms with Crippen molar-refractivity contribution in [3.05, 3.63) is 29.6 Å². The van der Waals surface area contributed by atoms with Gasteiger partial charge < -0.3 is 20.1 Å². The van der Waals surface area contributed by atoms with Gasteiger partial charge in [0.15, 0.2) is 5.78 Å². The molecule has 7 heteroatoms. The van der Waals surface area contributed by atoms with Crippen molar-refractivity contribution in [2.24, 2.45) is 0 Å². The fraction of sp³-hybridized carbons (Fsp3) is 0.529. The smallest absolute Gasteiger partial charge is 0.154 e. The summed E-state index contributed by atoms with van der Waals surface area (Å²) in [5.74, 6) is 0.319. The zero-order valence-electron chi connectivity index (χ0n) is 13.4. The average Bonchev–Trinajstić information content (AvgIpc) is 2.93. The zero-order chi connectivity index (χ0) is 17.1. The predicted octanol–water partition coefficient (Wildman–Crippen LogP) is 1.07. The summed E-state index contributed by atoms with van der Waals surface area (Å²) in [4.78, 5) is 16.7. The summed E-state index contributed by atoms with van der Waals surface area (Å²) in [5, 5.41) is 22.6. The number of aromatic nitrogens is 2. The molecule has 130 valence electrons. The molecule has 1 aromatic heterocycles. The van der Waals surface area contributed by atoms with Gasteiger partial charge in [-0.15, -0.1) is 0 Å². The molecule has 3 rings (SSSR count). The molecule has 0 spiro atoms. The Morgan fingerprint density at radius 3 is 3.00 bits per heavy atom. The fourth-order valence-corrected chi connectivity index (χ4v) is 3.23. The maximum Gasteiger partial charge on any atom is 0.154 e. The number of imidazole rings is 1. The van der Waals surface area contributed by atoms with E-state index in [0.717, 1.165) is 13.0 Å². The third-order valence-corrected chi connectivity index (χ3v) is 4.52. The summed E-state index contributed by atoms with van der Waals surface area (Å²) in [5.41, 5.74) is 1.77. The van der Waals surface area contributed by atoms with Gasteiger partial charge in [-0.25, -0.2) is 9.37 Å². The summed E-state index contributed by atoms with van der Waals surface area (Å²) in [6.07, 6.45) is 1.30. The molecule has 1 aromatic carbocycles. The quantitative estimate of drug-likeness (QED) is 0.735. The number of halogens is 1. The number of fused-ring (bicyclic) bond motifs is 1. The van der Waals surface area contributed by atoms with Crippen molar-refractivity contribution >= 4 is 16.8 Å². The van der Waals surface area contributed by atoms with Crippen molar-refractivity contribution in [2.45, 2.75) is 51.2 Å². The van der Waals surface area contributed by atoms with E-state index in [9.17, 15) is 19.4 Å². The van der Waals surface area contributed by atoms with E-state index in [1.807, 2.05) is 0 Å². The lowest BCUT2D eigenvalue weighted by Crippen LogP contribution is -2.46. The number of Topliss-reactive ketones (excluding diaryl/α,β-unsaturated/α-hetero) is 1. The van der Waals surface area contributed by atoms with Crippen molar-refractivity contribution in [3.8, 4) is 0 Å². The second kappa shape index (κ2) is 7.38. The Labute approximate surface area is 139 Å². The monoisotopic (exact) mass is 335 g/mol. The van der Waals surface area contributed by atoms with E-state index < -0.39 is 12.8 Å². The van der Waals surface area contributed by atoms with Crippen LogP contribution in [0.4, 0.5) is 4.39 Å². The third-order valence-electron chi connectivity index (χ3n) is 4.52. The maximum atomic E-state index is 12.9. The van der Waals surface area contributed by atoms with Gasteiger partial charge >= 0.3 is 0 Å². The first-order chi connectivity index (χ1) is 11.6. The van der Waals surface area contributed by atoms with E-state index in [4.69, 9.17) is 0 Å². The molecule has 0 radical (unpaired) electrons. The van der Waals surface area contributed by atoms with E-state index in [-0.39, 0.29) is 31.4 Å². The number of ketones is 1. The number of carbonyl (C=O) groups excluding carboxylic acids is 1. The van der Waals surface area contributed by atoms with Crippen LogP contribution in [0.15, 0.2) is 18.2 Å². The zero-order valence-corrected chi connectivity index (χ0v) is 13.4. The molecule has 0 aliphatic carbocycles. The molecule has 6 nitrogen and oxygen atoms in total. The van der Waals surface area contributed by atoms with Crippen LogP contribution >= 0.6 is 0 Å². The van der Waals surface area contributed by atoms with Crippen LogP contribution < -0.4 is 5.32 Å².